The number of likely N-dealkylation sites (N-methyl/N-ethyl adjacent to an activating group) is 1. The molecule has 138 valence electrons. The van der Waals surface area contributed by atoms with E-state index in [2.05, 4.69) is 42.5 Å². The molecule has 1 aliphatic heterocycles. The molecule has 0 radical (unpaired) electrons. The van der Waals surface area contributed by atoms with Gasteiger partial charge in [-0.1, -0.05) is 30.3 Å². The fourth-order valence-corrected chi connectivity index (χ4v) is 3.43. The number of ether oxygens (including phenoxy) is 1. The average molecular weight is 353 g/mol. The van der Waals surface area contributed by atoms with Crippen molar-refractivity contribution in [3.05, 3.63) is 59.7 Å². The molecule has 2 aromatic rings. The van der Waals surface area contributed by atoms with E-state index in [0.717, 1.165) is 24.4 Å². The molecule has 5 heteroatoms. The number of carbonyl (C=O) groups is 1. The molecule has 0 saturated carbocycles. The first-order valence-electron chi connectivity index (χ1n) is 8.99. The third-order valence-corrected chi connectivity index (χ3v) is 4.93. The lowest BCUT2D eigenvalue weighted by Gasteiger charge is -2.26. The highest BCUT2D eigenvalue weighted by Gasteiger charge is 2.24. The van der Waals surface area contributed by atoms with Gasteiger partial charge in [0.25, 0.3) is 0 Å². The molecular formula is C21H27N3O2. The van der Waals surface area contributed by atoms with Crippen LogP contribution in [0.25, 0.3) is 0 Å². The van der Waals surface area contributed by atoms with E-state index >= 15 is 0 Å². The van der Waals surface area contributed by atoms with E-state index in [4.69, 9.17) is 4.74 Å². The Morgan fingerprint density at radius 1 is 1.19 bits per heavy atom. The third kappa shape index (κ3) is 4.06. The normalized spacial score (nSPS) is 14.4. The van der Waals surface area contributed by atoms with Crippen molar-refractivity contribution in [2.24, 2.45) is 0 Å². The van der Waals surface area contributed by atoms with Crippen LogP contribution in [0.1, 0.15) is 17.2 Å². The van der Waals surface area contributed by atoms with Crippen LogP contribution >= 0.6 is 0 Å². The first-order chi connectivity index (χ1) is 12.6. The smallest absolute Gasteiger partial charge is 0.240 e. The number of nitrogens with zero attached hydrogens (tertiary/aromatic N) is 2. The van der Waals surface area contributed by atoms with Crippen LogP contribution in [0.4, 0.5) is 5.69 Å². The van der Waals surface area contributed by atoms with Crippen LogP contribution in [0.2, 0.25) is 0 Å². The Bertz CT molecular complexity index is 743. The second-order valence-electron chi connectivity index (χ2n) is 6.81. The van der Waals surface area contributed by atoms with E-state index < -0.39 is 0 Å². The highest BCUT2D eigenvalue weighted by Crippen LogP contribution is 2.27. The lowest BCUT2D eigenvalue weighted by molar-refractivity contribution is -0.117. The van der Waals surface area contributed by atoms with Crippen molar-refractivity contribution in [2.75, 3.05) is 45.7 Å². The van der Waals surface area contributed by atoms with Crippen molar-refractivity contribution < 1.29 is 9.53 Å². The molecule has 5 nitrogen and oxygen atoms in total. The number of benzene rings is 2. The molecule has 1 amide bonds. The second-order valence-corrected chi connectivity index (χ2v) is 6.81. The minimum absolute atomic E-state index is 0.127. The van der Waals surface area contributed by atoms with Crippen LogP contribution < -0.4 is 15.0 Å². The summed E-state index contributed by atoms with van der Waals surface area (Å²) < 4.78 is 5.23. The van der Waals surface area contributed by atoms with Gasteiger partial charge >= 0.3 is 0 Å². The maximum atomic E-state index is 12.6. The Morgan fingerprint density at radius 2 is 1.92 bits per heavy atom. The molecule has 0 aliphatic carbocycles. The van der Waals surface area contributed by atoms with Gasteiger partial charge in [0.2, 0.25) is 5.91 Å². The summed E-state index contributed by atoms with van der Waals surface area (Å²) in [5, 5.41) is 3.34. The van der Waals surface area contributed by atoms with Crippen LogP contribution in [0.5, 0.6) is 5.75 Å². The summed E-state index contributed by atoms with van der Waals surface area (Å²) in [5.74, 6) is 0.976. The van der Waals surface area contributed by atoms with Gasteiger partial charge in [0.05, 0.1) is 13.7 Å². The summed E-state index contributed by atoms with van der Waals surface area (Å²) >= 11 is 0. The molecule has 3 rings (SSSR count). The molecule has 1 atom stereocenters. The Kier molecular flexibility index (Phi) is 5.91. The Hall–Kier alpha value is -2.37. The highest BCUT2D eigenvalue weighted by molar-refractivity contribution is 5.96. The molecule has 0 saturated heterocycles. The molecule has 1 heterocycles. The SMILES string of the molecule is COc1ccc([C@@H](CNCC(=O)N2CCc3ccccc32)N(C)C)cc1. The lowest BCUT2D eigenvalue weighted by atomic mass is 10.1. The Labute approximate surface area is 155 Å². The zero-order chi connectivity index (χ0) is 18.5. The van der Waals surface area contributed by atoms with Gasteiger partial charge in [-0.25, -0.2) is 0 Å². The largest absolute Gasteiger partial charge is 0.497 e. The summed E-state index contributed by atoms with van der Waals surface area (Å²) in [6.45, 7) is 1.82. The number of para-hydroxylation sites is 1. The molecule has 0 fully saturated rings. The Balaban J connectivity index is 1.57. The monoisotopic (exact) mass is 353 g/mol. The minimum Gasteiger partial charge on any atom is -0.497 e. The van der Waals surface area contributed by atoms with Crippen LogP contribution in [0.15, 0.2) is 48.5 Å². The molecule has 2 aromatic carbocycles. The summed E-state index contributed by atoms with van der Waals surface area (Å²) in [5.41, 5.74) is 3.51. The van der Waals surface area contributed by atoms with Gasteiger partial charge in [0.15, 0.2) is 0 Å². The third-order valence-electron chi connectivity index (χ3n) is 4.93. The van der Waals surface area contributed by atoms with Gasteiger partial charge in [0, 0.05) is 24.8 Å². The number of methoxy groups -OCH3 is 1. The van der Waals surface area contributed by atoms with Gasteiger partial charge in [-0.3, -0.25) is 4.79 Å². The van der Waals surface area contributed by atoms with Gasteiger partial charge in [-0.05, 0) is 49.8 Å². The number of carbonyl (C=O) groups excluding carboxylic acids is 1. The molecule has 0 spiro atoms. The van der Waals surface area contributed by atoms with Crippen molar-refractivity contribution in [1.82, 2.24) is 10.2 Å². The number of anilines is 1. The fraction of sp³-hybridized carbons (Fsp3) is 0.381. The predicted molar refractivity (Wildman–Crippen MR) is 105 cm³/mol. The quantitative estimate of drug-likeness (QED) is 0.831. The molecular weight excluding hydrogens is 326 g/mol. The van der Waals surface area contributed by atoms with Gasteiger partial charge in [-0.2, -0.15) is 0 Å². The van der Waals surface area contributed by atoms with Crippen molar-refractivity contribution in [3.8, 4) is 5.75 Å². The van der Waals surface area contributed by atoms with Crippen LogP contribution in [0.3, 0.4) is 0 Å². The van der Waals surface area contributed by atoms with Crippen LogP contribution in [-0.4, -0.2) is 51.6 Å². The van der Waals surface area contributed by atoms with E-state index in [1.54, 1.807) is 7.11 Å². The number of amides is 1. The molecule has 0 aromatic heterocycles. The zero-order valence-electron chi connectivity index (χ0n) is 15.7. The van der Waals surface area contributed by atoms with Gasteiger partial charge in [-0.15, -0.1) is 0 Å². The molecule has 0 bridgehead atoms. The molecule has 1 aliphatic rings. The van der Waals surface area contributed by atoms with E-state index in [1.807, 2.05) is 35.2 Å². The zero-order valence-corrected chi connectivity index (χ0v) is 15.7. The van der Waals surface area contributed by atoms with Crippen molar-refractivity contribution >= 4 is 11.6 Å². The van der Waals surface area contributed by atoms with E-state index in [1.165, 1.54) is 11.1 Å². The number of hydrogen-bond acceptors (Lipinski definition) is 4. The van der Waals surface area contributed by atoms with Crippen LogP contribution in [-0.2, 0) is 11.2 Å². The van der Waals surface area contributed by atoms with E-state index in [0.29, 0.717) is 13.1 Å². The van der Waals surface area contributed by atoms with E-state index in [9.17, 15) is 4.79 Å². The lowest BCUT2D eigenvalue weighted by Crippen LogP contribution is -2.40. The fourth-order valence-electron chi connectivity index (χ4n) is 3.43. The topological polar surface area (TPSA) is 44.8 Å². The number of nitrogens with one attached hydrogen (secondary N) is 1. The number of hydrogen-bond donors (Lipinski definition) is 1. The summed E-state index contributed by atoms with van der Waals surface area (Å²) in [7, 11) is 5.77. The average Bonchev–Trinajstić information content (AvgIpc) is 3.09. The van der Waals surface area contributed by atoms with Crippen molar-refractivity contribution in [2.45, 2.75) is 12.5 Å². The number of fused-ring (bicyclic) bond motifs is 1. The Morgan fingerprint density at radius 3 is 2.62 bits per heavy atom. The van der Waals surface area contributed by atoms with Gasteiger partial charge < -0.3 is 19.9 Å². The predicted octanol–water partition coefficient (Wildman–Crippen LogP) is 2.48. The summed E-state index contributed by atoms with van der Waals surface area (Å²) in [6.07, 6.45) is 0.939. The van der Waals surface area contributed by atoms with Crippen LogP contribution in [0, 0.1) is 0 Å². The summed E-state index contributed by atoms with van der Waals surface area (Å²) in [6, 6.07) is 16.4. The van der Waals surface area contributed by atoms with Gasteiger partial charge in [0.1, 0.15) is 5.75 Å². The first-order valence-corrected chi connectivity index (χ1v) is 8.99. The first kappa shape index (κ1) is 18.4. The van der Waals surface area contributed by atoms with Crippen molar-refractivity contribution in [1.29, 1.82) is 0 Å². The second kappa shape index (κ2) is 8.34. The molecule has 1 N–H and O–H groups in total. The molecule has 0 unspecified atom stereocenters. The highest BCUT2D eigenvalue weighted by atomic mass is 16.5. The standard InChI is InChI=1S/C21H27N3O2/c1-23(2)20(17-8-10-18(26-3)11-9-17)14-22-15-21(25)24-13-12-16-6-4-5-7-19(16)24/h4-11,20,22H,12-15H2,1-3H3/t20-/m1/s1. The summed E-state index contributed by atoms with van der Waals surface area (Å²) in [4.78, 5) is 16.7. The maximum absolute atomic E-state index is 12.6. The molecule has 26 heavy (non-hydrogen) atoms. The van der Waals surface area contributed by atoms with E-state index in [-0.39, 0.29) is 11.9 Å². The maximum Gasteiger partial charge on any atom is 0.240 e. The minimum atomic E-state index is 0.127. The number of rotatable bonds is 7. The van der Waals surface area contributed by atoms with Crippen molar-refractivity contribution in [3.63, 3.8) is 0 Å².